The Hall–Kier alpha value is -1.76. The number of nitrogens with two attached hydrogens (primary N) is 1. The van der Waals surface area contributed by atoms with Gasteiger partial charge in [0.2, 0.25) is 0 Å². The summed E-state index contributed by atoms with van der Waals surface area (Å²) in [4.78, 5) is 12.1. The highest BCUT2D eigenvalue weighted by Gasteiger charge is 2.12. The maximum absolute atomic E-state index is 12.1. The minimum Gasteiger partial charge on any atom is -0.507 e. The van der Waals surface area contributed by atoms with Crippen molar-refractivity contribution in [3.05, 3.63) is 56.7 Å². The summed E-state index contributed by atoms with van der Waals surface area (Å²) in [6.45, 7) is 2.29. The Morgan fingerprint density at radius 3 is 2.85 bits per heavy atom. The third-order valence-corrected chi connectivity index (χ3v) is 3.80. The second kappa shape index (κ2) is 6.13. The Bertz CT molecular complexity index is 656. The lowest BCUT2D eigenvalue weighted by Gasteiger charge is -2.10. The zero-order valence-corrected chi connectivity index (χ0v) is 13.1. The van der Waals surface area contributed by atoms with Gasteiger partial charge in [0.15, 0.2) is 0 Å². The molecule has 5 heteroatoms. The molecule has 20 heavy (non-hydrogen) atoms. The Labute approximate surface area is 131 Å². The number of hydrogen-bond acceptors (Lipinski definition) is 3. The molecule has 0 heterocycles. The van der Waals surface area contributed by atoms with Crippen LogP contribution in [0.15, 0.2) is 36.4 Å². The van der Waals surface area contributed by atoms with E-state index in [0.717, 1.165) is 14.7 Å². The van der Waals surface area contributed by atoms with E-state index in [1.165, 1.54) is 6.07 Å². The lowest BCUT2D eigenvalue weighted by Crippen LogP contribution is -2.23. The predicted molar refractivity (Wildman–Crippen MR) is 87.6 cm³/mol. The van der Waals surface area contributed by atoms with Crippen molar-refractivity contribution in [3.8, 4) is 5.75 Å². The number of nitrogens with one attached hydrogen (secondary N) is 1. The van der Waals surface area contributed by atoms with Crippen LogP contribution in [0.5, 0.6) is 5.75 Å². The van der Waals surface area contributed by atoms with Gasteiger partial charge in [0, 0.05) is 15.8 Å². The molecule has 1 amide bonds. The highest BCUT2D eigenvalue weighted by Crippen LogP contribution is 2.20. The number of halogens is 1. The number of amides is 1. The summed E-state index contributed by atoms with van der Waals surface area (Å²) in [5, 5.41) is 12.5. The largest absolute Gasteiger partial charge is 0.507 e. The molecule has 0 saturated heterocycles. The van der Waals surface area contributed by atoms with Crippen molar-refractivity contribution in [1.29, 1.82) is 0 Å². The smallest absolute Gasteiger partial charge is 0.255 e. The molecule has 0 aliphatic carbocycles. The van der Waals surface area contributed by atoms with Crippen molar-refractivity contribution in [2.24, 2.45) is 0 Å². The number of aromatic hydroxyl groups is 1. The summed E-state index contributed by atoms with van der Waals surface area (Å²) < 4.78 is 0.894. The molecule has 0 bridgehead atoms. The van der Waals surface area contributed by atoms with Gasteiger partial charge in [0.1, 0.15) is 5.75 Å². The molecule has 2 aromatic rings. The number of benzene rings is 2. The first-order valence-corrected chi connectivity index (χ1v) is 7.17. The van der Waals surface area contributed by atoms with E-state index in [4.69, 9.17) is 5.73 Å². The van der Waals surface area contributed by atoms with Gasteiger partial charge < -0.3 is 16.2 Å². The molecular weight excluding hydrogens is 367 g/mol. The predicted octanol–water partition coefficient (Wildman–Crippen LogP) is 2.82. The lowest BCUT2D eigenvalue weighted by atomic mass is 10.1. The Kier molecular flexibility index (Phi) is 4.49. The molecule has 0 aromatic heterocycles. The molecule has 0 fully saturated rings. The van der Waals surface area contributed by atoms with Crippen LogP contribution in [-0.4, -0.2) is 11.0 Å². The molecule has 0 aliphatic heterocycles. The molecule has 2 rings (SSSR count). The molecule has 104 valence electrons. The van der Waals surface area contributed by atoms with Gasteiger partial charge in [-0.25, -0.2) is 0 Å². The number of nitrogen functional groups attached to an aromatic ring is 1. The molecule has 0 spiro atoms. The van der Waals surface area contributed by atoms with Crippen LogP contribution < -0.4 is 11.1 Å². The van der Waals surface area contributed by atoms with E-state index in [9.17, 15) is 9.90 Å². The summed E-state index contributed by atoms with van der Waals surface area (Å²) in [7, 11) is 0. The monoisotopic (exact) mass is 382 g/mol. The molecule has 0 aliphatic rings. The molecule has 0 unspecified atom stereocenters. The minimum absolute atomic E-state index is 0.0211. The van der Waals surface area contributed by atoms with Crippen LogP contribution in [0.4, 0.5) is 5.69 Å². The molecule has 4 N–H and O–H groups in total. The number of anilines is 1. The fourth-order valence-electron chi connectivity index (χ4n) is 1.86. The van der Waals surface area contributed by atoms with Crippen LogP contribution in [0, 0.1) is 10.5 Å². The average Bonchev–Trinajstić information content (AvgIpc) is 2.43. The van der Waals surface area contributed by atoms with Gasteiger partial charge in [-0.15, -0.1) is 0 Å². The molecule has 4 nitrogen and oxygen atoms in total. The normalized spacial score (nSPS) is 10.3. The standard InChI is InChI=1S/C15H15IN2O2/c1-9-10(3-2-4-13(9)17)8-18-15(20)12-7-11(16)5-6-14(12)19/h2-7,19H,8,17H2,1H3,(H,18,20). The van der Waals surface area contributed by atoms with Gasteiger partial charge in [0.25, 0.3) is 5.91 Å². The van der Waals surface area contributed by atoms with E-state index < -0.39 is 0 Å². The third-order valence-electron chi connectivity index (χ3n) is 3.13. The van der Waals surface area contributed by atoms with Crippen LogP contribution in [0.1, 0.15) is 21.5 Å². The molecular formula is C15H15IN2O2. The highest BCUT2D eigenvalue weighted by atomic mass is 127. The molecule has 2 aromatic carbocycles. The van der Waals surface area contributed by atoms with Crippen LogP contribution in [0.2, 0.25) is 0 Å². The van der Waals surface area contributed by atoms with Gasteiger partial charge in [-0.2, -0.15) is 0 Å². The first-order valence-electron chi connectivity index (χ1n) is 6.09. The lowest BCUT2D eigenvalue weighted by molar-refractivity contribution is 0.0948. The summed E-state index contributed by atoms with van der Waals surface area (Å²) >= 11 is 2.10. The topological polar surface area (TPSA) is 75.3 Å². The summed E-state index contributed by atoms with van der Waals surface area (Å²) in [5.41, 5.74) is 8.73. The van der Waals surface area contributed by atoms with Crippen molar-refractivity contribution in [3.63, 3.8) is 0 Å². The van der Waals surface area contributed by atoms with Gasteiger partial charge in [-0.05, 0) is 64.9 Å². The second-order valence-electron chi connectivity index (χ2n) is 4.48. The molecule has 0 saturated carbocycles. The van der Waals surface area contributed by atoms with E-state index in [0.29, 0.717) is 12.2 Å². The van der Waals surface area contributed by atoms with Crippen LogP contribution in [0.3, 0.4) is 0 Å². The van der Waals surface area contributed by atoms with Gasteiger partial charge >= 0.3 is 0 Å². The van der Waals surface area contributed by atoms with Crippen LogP contribution >= 0.6 is 22.6 Å². The van der Waals surface area contributed by atoms with E-state index in [1.807, 2.05) is 25.1 Å². The molecule has 0 radical (unpaired) electrons. The number of rotatable bonds is 3. The number of carbonyl (C=O) groups is 1. The number of phenols is 1. The number of hydrogen-bond donors (Lipinski definition) is 3. The summed E-state index contributed by atoms with van der Waals surface area (Å²) in [6.07, 6.45) is 0. The number of phenolic OH excluding ortho intramolecular Hbond substituents is 1. The summed E-state index contributed by atoms with van der Waals surface area (Å²) in [6, 6.07) is 10.5. The van der Waals surface area contributed by atoms with E-state index >= 15 is 0 Å². The maximum atomic E-state index is 12.1. The van der Waals surface area contributed by atoms with E-state index in [1.54, 1.807) is 12.1 Å². The molecule has 0 atom stereocenters. The van der Waals surface area contributed by atoms with Gasteiger partial charge in [-0.1, -0.05) is 12.1 Å². The minimum atomic E-state index is -0.303. The highest BCUT2D eigenvalue weighted by molar-refractivity contribution is 14.1. The first-order chi connectivity index (χ1) is 9.49. The van der Waals surface area contributed by atoms with E-state index in [2.05, 4.69) is 27.9 Å². The maximum Gasteiger partial charge on any atom is 0.255 e. The summed E-state index contributed by atoms with van der Waals surface area (Å²) in [5.74, 6) is -0.324. The van der Waals surface area contributed by atoms with Crippen molar-refractivity contribution in [1.82, 2.24) is 5.32 Å². The van der Waals surface area contributed by atoms with Crippen LogP contribution in [0.25, 0.3) is 0 Å². The zero-order chi connectivity index (χ0) is 14.7. The zero-order valence-electron chi connectivity index (χ0n) is 11.0. The number of carbonyl (C=O) groups excluding carboxylic acids is 1. The quantitative estimate of drug-likeness (QED) is 0.565. The van der Waals surface area contributed by atoms with Gasteiger partial charge in [0.05, 0.1) is 5.56 Å². The van der Waals surface area contributed by atoms with Gasteiger partial charge in [-0.3, -0.25) is 4.79 Å². The SMILES string of the molecule is Cc1c(N)cccc1CNC(=O)c1cc(I)ccc1O. The average molecular weight is 382 g/mol. The van der Waals surface area contributed by atoms with Crippen molar-refractivity contribution >= 4 is 34.2 Å². The van der Waals surface area contributed by atoms with Crippen molar-refractivity contribution in [2.75, 3.05) is 5.73 Å². The fourth-order valence-corrected chi connectivity index (χ4v) is 2.35. The third kappa shape index (κ3) is 3.22. The second-order valence-corrected chi connectivity index (χ2v) is 5.72. The van der Waals surface area contributed by atoms with Crippen molar-refractivity contribution < 1.29 is 9.90 Å². The Balaban J connectivity index is 2.13. The van der Waals surface area contributed by atoms with Crippen molar-refractivity contribution in [2.45, 2.75) is 13.5 Å². The van der Waals surface area contributed by atoms with Crippen LogP contribution in [-0.2, 0) is 6.54 Å². The Morgan fingerprint density at radius 2 is 2.10 bits per heavy atom. The van der Waals surface area contributed by atoms with E-state index in [-0.39, 0.29) is 17.2 Å². The first kappa shape index (κ1) is 14.6. The fraction of sp³-hybridized carbons (Fsp3) is 0.133. The Morgan fingerprint density at radius 1 is 1.35 bits per heavy atom.